The van der Waals surface area contributed by atoms with Gasteiger partial charge in [0.1, 0.15) is 5.75 Å². The number of rotatable bonds is 5. The van der Waals surface area contributed by atoms with E-state index in [2.05, 4.69) is 5.32 Å². The zero-order valence-electron chi connectivity index (χ0n) is 10.2. The number of benzene rings is 1. The van der Waals surface area contributed by atoms with Crippen molar-refractivity contribution in [1.29, 1.82) is 0 Å². The fraction of sp³-hybridized carbons (Fsp3) is 0.538. The molecule has 0 aliphatic heterocycles. The van der Waals surface area contributed by atoms with Crippen LogP contribution in [0.1, 0.15) is 37.4 Å². The standard InChI is InChI=1S/C13H21NO2/c1-4-11(8-15)14-10(3)12-7-9(2)5-6-13(12)16/h5-7,10-11,14-16H,4,8H2,1-3H3. The van der Waals surface area contributed by atoms with Crippen molar-refractivity contribution in [3.05, 3.63) is 29.3 Å². The summed E-state index contributed by atoms with van der Waals surface area (Å²) < 4.78 is 0. The summed E-state index contributed by atoms with van der Waals surface area (Å²) in [6, 6.07) is 5.68. The molecule has 1 aromatic carbocycles. The molecule has 0 heterocycles. The highest BCUT2D eigenvalue weighted by Crippen LogP contribution is 2.25. The predicted molar refractivity (Wildman–Crippen MR) is 65.6 cm³/mol. The van der Waals surface area contributed by atoms with E-state index < -0.39 is 0 Å². The second-order valence-electron chi connectivity index (χ2n) is 4.24. The van der Waals surface area contributed by atoms with Gasteiger partial charge in [0.15, 0.2) is 0 Å². The Hall–Kier alpha value is -1.06. The molecular weight excluding hydrogens is 202 g/mol. The van der Waals surface area contributed by atoms with Crippen LogP contribution in [-0.2, 0) is 0 Å². The number of hydrogen-bond donors (Lipinski definition) is 3. The first-order chi connectivity index (χ1) is 7.58. The van der Waals surface area contributed by atoms with Crippen LogP contribution in [0.15, 0.2) is 18.2 Å². The molecule has 1 rings (SSSR count). The highest BCUT2D eigenvalue weighted by Gasteiger charge is 2.14. The van der Waals surface area contributed by atoms with Crippen molar-refractivity contribution in [2.45, 2.75) is 39.3 Å². The molecule has 0 fully saturated rings. The van der Waals surface area contributed by atoms with Crippen LogP contribution < -0.4 is 5.32 Å². The van der Waals surface area contributed by atoms with E-state index in [0.29, 0.717) is 5.75 Å². The maximum absolute atomic E-state index is 9.76. The van der Waals surface area contributed by atoms with E-state index in [-0.39, 0.29) is 18.7 Å². The second kappa shape index (κ2) is 5.87. The lowest BCUT2D eigenvalue weighted by molar-refractivity contribution is 0.229. The van der Waals surface area contributed by atoms with E-state index in [0.717, 1.165) is 17.5 Å². The Morgan fingerprint density at radius 3 is 2.62 bits per heavy atom. The number of nitrogens with one attached hydrogen (secondary N) is 1. The van der Waals surface area contributed by atoms with Crippen molar-refractivity contribution in [2.75, 3.05) is 6.61 Å². The SMILES string of the molecule is CCC(CO)NC(C)c1cc(C)ccc1O. The molecular formula is C13H21NO2. The number of aliphatic hydroxyl groups is 1. The zero-order valence-corrected chi connectivity index (χ0v) is 10.2. The van der Waals surface area contributed by atoms with Crippen LogP contribution in [0.4, 0.5) is 0 Å². The predicted octanol–water partition coefficient (Wildman–Crippen LogP) is 2.12. The molecule has 0 radical (unpaired) electrons. The summed E-state index contributed by atoms with van der Waals surface area (Å²) in [6.07, 6.45) is 0.868. The van der Waals surface area contributed by atoms with Crippen molar-refractivity contribution in [1.82, 2.24) is 5.32 Å². The average molecular weight is 223 g/mol. The topological polar surface area (TPSA) is 52.5 Å². The molecule has 0 aliphatic rings. The van der Waals surface area contributed by atoms with Crippen molar-refractivity contribution in [2.24, 2.45) is 0 Å². The van der Waals surface area contributed by atoms with Crippen LogP contribution in [-0.4, -0.2) is 22.9 Å². The van der Waals surface area contributed by atoms with Gasteiger partial charge in [0, 0.05) is 17.6 Å². The molecule has 2 unspecified atom stereocenters. The minimum atomic E-state index is 0.0389. The van der Waals surface area contributed by atoms with E-state index in [1.165, 1.54) is 0 Å². The number of phenolic OH excluding ortho intramolecular Hbond substituents is 1. The molecule has 0 saturated heterocycles. The number of aliphatic hydroxyl groups excluding tert-OH is 1. The third kappa shape index (κ3) is 3.22. The van der Waals surface area contributed by atoms with Gasteiger partial charge in [-0.3, -0.25) is 0 Å². The second-order valence-corrected chi connectivity index (χ2v) is 4.24. The van der Waals surface area contributed by atoms with Gasteiger partial charge in [0.05, 0.1) is 6.61 Å². The molecule has 0 spiro atoms. The monoisotopic (exact) mass is 223 g/mol. The van der Waals surface area contributed by atoms with Gasteiger partial charge in [0.2, 0.25) is 0 Å². The first kappa shape index (κ1) is 13.0. The van der Waals surface area contributed by atoms with E-state index in [1.807, 2.05) is 32.9 Å². The number of hydrogen-bond acceptors (Lipinski definition) is 3. The molecule has 90 valence electrons. The molecule has 3 nitrogen and oxygen atoms in total. The van der Waals surface area contributed by atoms with Crippen LogP contribution in [0.2, 0.25) is 0 Å². The molecule has 0 amide bonds. The summed E-state index contributed by atoms with van der Waals surface area (Å²) in [6.45, 7) is 6.13. The Morgan fingerprint density at radius 1 is 1.38 bits per heavy atom. The molecule has 1 aromatic rings. The molecule has 0 aliphatic carbocycles. The van der Waals surface area contributed by atoms with Gasteiger partial charge >= 0.3 is 0 Å². The molecule has 3 N–H and O–H groups in total. The van der Waals surface area contributed by atoms with Crippen molar-refractivity contribution >= 4 is 0 Å². The first-order valence-corrected chi connectivity index (χ1v) is 5.74. The van der Waals surface area contributed by atoms with E-state index in [4.69, 9.17) is 5.11 Å². The molecule has 0 saturated carbocycles. The summed E-state index contributed by atoms with van der Waals surface area (Å²) in [7, 11) is 0. The highest BCUT2D eigenvalue weighted by molar-refractivity contribution is 5.37. The van der Waals surface area contributed by atoms with Crippen LogP contribution >= 0.6 is 0 Å². The third-order valence-corrected chi connectivity index (χ3v) is 2.85. The molecule has 0 aromatic heterocycles. The third-order valence-electron chi connectivity index (χ3n) is 2.85. The van der Waals surface area contributed by atoms with Crippen LogP contribution in [0, 0.1) is 6.92 Å². The Balaban J connectivity index is 2.79. The van der Waals surface area contributed by atoms with Gasteiger partial charge in [-0.25, -0.2) is 0 Å². The lowest BCUT2D eigenvalue weighted by atomic mass is 10.0. The van der Waals surface area contributed by atoms with Gasteiger partial charge in [-0.15, -0.1) is 0 Å². The smallest absolute Gasteiger partial charge is 0.120 e. The van der Waals surface area contributed by atoms with Crippen LogP contribution in [0.3, 0.4) is 0 Å². The zero-order chi connectivity index (χ0) is 12.1. The fourth-order valence-corrected chi connectivity index (χ4v) is 1.76. The highest BCUT2D eigenvalue weighted by atomic mass is 16.3. The minimum Gasteiger partial charge on any atom is -0.508 e. The van der Waals surface area contributed by atoms with Gasteiger partial charge in [-0.05, 0) is 26.3 Å². The van der Waals surface area contributed by atoms with Crippen LogP contribution in [0.25, 0.3) is 0 Å². The summed E-state index contributed by atoms with van der Waals surface area (Å²) in [4.78, 5) is 0. The molecule has 0 bridgehead atoms. The lowest BCUT2D eigenvalue weighted by Gasteiger charge is -2.21. The minimum absolute atomic E-state index is 0.0389. The van der Waals surface area contributed by atoms with Gasteiger partial charge in [-0.1, -0.05) is 24.6 Å². The molecule has 3 heteroatoms. The number of aryl methyl sites for hydroxylation is 1. The number of phenols is 1. The Labute approximate surface area is 97.1 Å². The van der Waals surface area contributed by atoms with E-state index >= 15 is 0 Å². The number of aromatic hydroxyl groups is 1. The molecule has 16 heavy (non-hydrogen) atoms. The Morgan fingerprint density at radius 2 is 2.06 bits per heavy atom. The maximum Gasteiger partial charge on any atom is 0.120 e. The quantitative estimate of drug-likeness (QED) is 0.716. The normalized spacial score (nSPS) is 14.8. The van der Waals surface area contributed by atoms with Crippen LogP contribution in [0.5, 0.6) is 5.75 Å². The summed E-state index contributed by atoms with van der Waals surface area (Å²) in [5.41, 5.74) is 2.00. The van der Waals surface area contributed by atoms with E-state index in [9.17, 15) is 5.11 Å². The fourth-order valence-electron chi connectivity index (χ4n) is 1.76. The Kier molecular flexibility index (Phi) is 4.77. The maximum atomic E-state index is 9.76. The summed E-state index contributed by atoms with van der Waals surface area (Å²) in [5.74, 6) is 0.304. The van der Waals surface area contributed by atoms with Gasteiger partial charge < -0.3 is 15.5 Å². The van der Waals surface area contributed by atoms with Gasteiger partial charge in [0.25, 0.3) is 0 Å². The lowest BCUT2D eigenvalue weighted by Crippen LogP contribution is -2.33. The molecule has 2 atom stereocenters. The summed E-state index contributed by atoms with van der Waals surface area (Å²) in [5, 5.41) is 22.2. The van der Waals surface area contributed by atoms with Crippen molar-refractivity contribution in [3.63, 3.8) is 0 Å². The first-order valence-electron chi connectivity index (χ1n) is 5.74. The largest absolute Gasteiger partial charge is 0.508 e. The average Bonchev–Trinajstić information content (AvgIpc) is 2.28. The van der Waals surface area contributed by atoms with Gasteiger partial charge in [-0.2, -0.15) is 0 Å². The summed E-state index contributed by atoms with van der Waals surface area (Å²) >= 11 is 0. The Bertz CT molecular complexity index is 335. The van der Waals surface area contributed by atoms with Crippen molar-refractivity contribution < 1.29 is 10.2 Å². The van der Waals surface area contributed by atoms with E-state index in [1.54, 1.807) is 6.07 Å². The van der Waals surface area contributed by atoms with Crippen molar-refractivity contribution in [3.8, 4) is 5.75 Å².